The molecule has 0 aromatic carbocycles. The van der Waals surface area contributed by atoms with E-state index in [1.54, 1.807) is 6.33 Å². The minimum absolute atomic E-state index is 0.612. The molecule has 3 nitrogen and oxygen atoms in total. The van der Waals surface area contributed by atoms with Crippen LogP contribution in [-0.4, -0.2) is 22.6 Å². The fourth-order valence-corrected chi connectivity index (χ4v) is 1.32. The molecule has 1 saturated heterocycles. The molecule has 10 heavy (non-hydrogen) atoms. The molecule has 1 aliphatic heterocycles. The summed E-state index contributed by atoms with van der Waals surface area (Å²) >= 11 is 0. The van der Waals surface area contributed by atoms with Crippen molar-refractivity contribution in [1.29, 1.82) is 0 Å². The van der Waals surface area contributed by atoms with Crippen molar-refractivity contribution in [3.8, 4) is 0 Å². The summed E-state index contributed by atoms with van der Waals surface area (Å²) in [4.78, 5) is 7.09. The summed E-state index contributed by atoms with van der Waals surface area (Å²) in [6.07, 6.45) is 3.64. The number of nitrogens with zero attached hydrogens (tertiary/aromatic N) is 1. The fraction of sp³-hybridized carbons (Fsp3) is 0.571. The number of imidazole rings is 1. The topological polar surface area (TPSA) is 40.7 Å². The molecule has 0 bridgehead atoms. The smallest absolute Gasteiger partial charge is 0.0921 e. The number of aromatic amines is 1. The number of rotatable bonds is 1. The van der Waals surface area contributed by atoms with Gasteiger partial charge < -0.3 is 10.3 Å². The van der Waals surface area contributed by atoms with Crippen molar-refractivity contribution in [3.63, 3.8) is 0 Å². The molecule has 1 aromatic heterocycles. The van der Waals surface area contributed by atoms with Gasteiger partial charge in [0.1, 0.15) is 0 Å². The zero-order valence-corrected chi connectivity index (χ0v) is 5.96. The molecule has 2 atom stereocenters. The third kappa shape index (κ3) is 0.743. The molecule has 1 fully saturated rings. The summed E-state index contributed by atoms with van der Waals surface area (Å²) in [5, 5.41) is 3.30. The van der Waals surface area contributed by atoms with Crippen LogP contribution in [0.15, 0.2) is 12.5 Å². The quantitative estimate of drug-likeness (QED) is 0.591. The molecular weight excluding hydrogens is 126 g/mol. The molecule has 3 heteroatoms. The van der Waals surface area contributed by atoms with Gasteiger partial charge >= 0.3 is 0 Å². The van der Waals surface area contributed by atoms with Gasteiger partial charge in [-0.15, -0.1) is 0 Å². The van der Waals surface area contributed by atoms with Crippen molar-refractivity contribution in [2.45, 2.75) is 18.9 Å². The highest BCUT2D eigenvalue weighted by molar-refractivity contribution is 5.12. The Hall–Kier alpha value is -0.830. The lowest BCUT2D eigenvalue weighted by Gasteiger charge is -2.34. The lowest BCUT2D eigenvalue weighted by Crippen LogP contribution is -2.49. The Morgan fingerprint density at radius 2 is 2.60 bits per heavy atom. The molecule has 2 unspecified atom stereocenters. The second-order valence-corrected chi connectivity index (χ2v) is 2.81. The summed E-state index contributed by atoms with van der Waals surface area (Å²) in [7, 11) is 0. The molecule has 2 heterocycles. The Bertz CT molecular complexity index is 205. The molecule has 54 valence electrons. The maximum Gasteiger partial charge on any atom is 0.0921 e. The van der Waals surface area contributed by atoms with E-state index in [0.29, 0.717) is 12.0 Å². The van der Waals surface area contributed by atoms with Crippen LogP contribution >= 0.6 is 0 Å². The van der Waals surface area contributed by atoms with Crippen LogP contribution in [0.2, 0.25) is 0 Å². The van der Waals surface area contributed by atoms with Gasteiger partial charge in [0.05, 0.1) is 6.33 Å². The van der Waals surface area contributed by atoms with E-state index in [0.717, 1.165) is 6.54 Å². The van der Waals surface area contributed by atoms with Crippen LogP contribution in [0.25, 0.3) is 0 Å². The predicted octanol–water partition coefficient (Wildman–Crippen LogP) is 0.485. The number of hydrogen-bond acceptors (Lipinski definition) is 2. The van der Waals surface area contributed by atoms with E-state index >= 15 is 0 Å². The average Bonchev–Trinajstić information content (AvgIpc) is 2.37. The number of aromatic nitrogens is 2. The van der Waals surface area contributed by atoms with E-state index < -0.39 is 0 Å². The largest absolute Gasteiger partial charge is 0.348 e. The number of nitrogens with one attached hydrogen (secondary N) is 2. The first-order valence-corrected chi connectivity index (χ1v) is 3.59. The van der Waals surface area contributed by atoms with Gasteiger partial charge in [0.15, 0.2) is 0 Å². The molecule has 0 amide bonds. The van der Waals surface area contributed by atoms with E-state index in [1.807, 2.05) is 6.20 Å². The van der Waals surface area contributed by atoms with E-state index in [-0.39, 0.29) is 0 Å². The highest BCUT2D eigenvalue weighted by Gasteiger charge is 2.28. The molecule has 1 aromatic rings. The second kappa shape index (κ2) is 2.09. The zero-order valence-electron chi connectivity index (χ0n) is 5.96. The minimum Gasteiger partial charge on any atom is -0.348 e. The Morgan fingerprint density at radius 3 is 3.00 bits per heavy atom. The van der Waals surface area contributed by atoms with Crippen molar-refractivity contribution in [2.24, 2.45) is 0 Å². The first-order valence-electron chi connectivity index (χ1n) is 3.59. The Balaban J connectivity index is 2.14. The van der Waals surface area contributed by atoms with Crippen molar-refractivity contribution in [3.05, 3.63) is 18.2 Å². The van der Waals surface area contributed by atoms with Crippen LogP contribution in [0, 0.1) is 0 Å². The van der Waals surface area contributed by atoms with Crippen molar-refractivity contribution >= 4 is 0 Å². The third-order valence-corrected chi connectivity index (χ3v) is 2.18. The van der Waals surface area contributed by atoms with Crippen molar-refractivity contribution in [1.82, 2.24) is 15.3 Å². The van der Waals surface area contributed by atoms with E-state index in [9.17, 15) is 0 Å². The van der Waals surface area contributed by atoms with E-state index in [2.05, 4.69) is 22.2 Å². The fourth-order valence-electron chi connectivity index (χ4n) is 1.32. The molecule has 0 aliphatic carbocycles. The molecule has 0 spiro atoms. The second-order valence-electron chi connectivity index (χ2n) is 2.81. The van der Waals surface area contributed by atoms with Crippen LogP contribution in [0.5, 0.6) is 0 Å². The van der Waals surface area contributed by atoms with Crippen LogP contribution in [0.3, 0.4) is 0 Å². The molecule has 2 N–H and O–H groups in total. The van der Waals surface area contributed by atoms with Crippen LogP contribution in [-0.2, 0) is 0 Å². The molecule has 2 rings (SSSR count). The first-order chi connectivity index (χ1) is 4.88. The lowest BCUT2D eigenvalue weighted by molar-refractivity contribution is 0.329. The third-order valence-electron chi connectivity index (χ3n) is 2.18. The van der Waals surface area contributed by atoms with Gasteiger partial charge in [-0.05, 0) is 6.92 Å². The predicted molar refractivity (Wildman–Crippen MR) is 38.8 cm³/mol. The van der Waals surface area contributed by atoms with E-state index in [4.69, 9.17) is 0 Å². The minimum atomic E-state index is 0.612. The van der Waals surface area contributed by atoms with Crippen molar-refractivity contribution in [2.75, 3.05) is 6.54 Å². The van der Waals surface area contributed by atoms with Gasteiger partial charge in [0.25, 0.3) is 0 Å². The Kier molecular flexibility index (Phi) is 1.24. The first kappa shape index (κ1) is 5.92. The summed E-state index contributed by atoms with van der Waals surface area (Å²) in [6.45, 7) is 3.28. The summed E-state index contributed by atoms with van der Waals surface area (Å²) < 4.78 is 0. The van der Waals surface area contributed by atoms with Crippen LogP contribution in [0.4, 0.5) is 0 Å². The highest BCUT2D eigenvalue weighted by Crippen LogP contribution is 2.22. The normalized spacial score (nSPS) is 31.7. The monoisotopic (exact) mass is 137 g/mol. The summed E-state index contributed by atoms with van der Waals surface area (Å²) in [5.41, 5.74) is 1.26. The van der Waals surface area contributed by atoms with Gasteiger partial charge in [-0.1, -0.05) is 0 Å². The van der Waals surface area contributed by atoms with Gasteiger partial charge in [-0.25, -0.2) is 4.98 Å². The maximum atomic E-state index is 3.98. The number of hydrogen-bond donors (Lipinski definition) is 2. The van der Waals surface area contributed by atoms with Crippen molar-refractivity contribution < 1.29 is 0 Å². The van der Waals surface area contributed by atoms with Gasteiger partial charge in [0, 0.05) is 30.4 Å². The van der Waals surface area contributed by atoms with Crippen LogP contribution < -0.4 is 5.32 Å². The Morgan fingerprint density at radius 1 is 1.70 bits per heavy atom. The SMILES string of the molecule is CC1NCC1c1cnc[nH]1. The highest BCUT2D eigenvalue weighted by atomic mass is 15.0. The average molecular weight is 137 g/mol. The molecule has 1 aliphatic rings. The zero-order chi connectivity index (χ0) is 6.97. The van der Waals surface area contributed by atoms with Gasteiger partial charge in [0.2, 0.25) is 0 Å². The van der Waals surface area contributed by atoms with Crippen LogP contribution in [0.1, 0.15) is 18.5 Å². The standard InChI is InChI=1S/C7H11N3/c1-5-6(2-9-5)7-3-8-4-10-7/h3-6,9H,2H2,1H3,(H,8,10). The number of H-pyrrole nitrogens is 1. The Labute approximate surface area is 59.9 Å². The van der Waals surface area contributed by atoms with Gasteiger partial charge in [-0.3, -0.25) is 0 Å². The maximum absolute atomic E-state index is 3.98. The summed E-state index contributed by atoms with van der Waals surface area (Å²) in [5.74, 6) is 0.655. The van der Waals surface area contributed by atoms with Gasteiger partial charge in [-0.2, -0.15) is 0 Å². The molecule has 0 saturated carbocycles. The summed E-state index contributed by atoms with van der Waals surface area (Å²) in [6, 6.07) is 0.612. The molecular formula is C7H11N3. The lowest BCUT2D eigenvalue weighted by atomic mass is 9.91. The van der Waals surface area contributed by atoms with E-state index in [1.165, 1.54) is 5.69 Å². The molecule has 0 radical (unpaired) electrons.